The number of aryl methyl sites for hydroxylation is 1. The Morgan fingerprint density at radius 2 is 1.59 bits per heavy atom. The molecular formula is C25H25FN2O3S. The minimum atomic E-state index is -4.00. The minimum absolute atomic E-state index is 0.0359. The molecule has 1 heterocycles. The zero-order chi connectivity index (χ0) is 22.7. The first-order valence-corrected chi connectivity index (χ1v) is 12.0. The van der Waals surface area contributed by atoms with Crippen molar-refractivity contribution in [2.45, 2.75) is 43.8 Å². The average molecular weight is 453 g/mol. The van der Waals surface area contributed by atoms with Gasteiger partial charge in [0.1, 0.15) is 11.9 Å². The lowest BCUT2D eigenvalue weighted by Gasteiger charge is -2.35. The van der Waals surface area contributed by atoms with Gasteiger partial charge < -0.3 is 5.32 Å². The van der Waals surface area contributed by atoms with Crippen LogP contribution in [0.4, 0.5) is 4.39 Å². The zero-order valence-corrected chi connectivity index (χ0v) is 18.6. The molecule has 7 heteroatoms. The molecule has 3 aromatic carbocycles. The molecule has 1 aliphatic rings. The highest BCUT2D eigenvalue weighted by atomic mass is 32.2. The molecule has 166 valence electrons. The van der Waals surface area contributed by atoms with Gasteiger partial charge in [-0.3, -0.25) is 4.79 Å². The van der Waals surface area contributed by atoms with Crippen molar-refractivity contribution < 1.29 is 17.6 Å². The fourth-order valence-corrected chi connectivity index (χ4v) is 5.48. The number of carbonyl (C=O) groups excluding carboxylic acids is 1. The molecule has 1 unspecified atom stereocenters. The number of carbonyl (C=O) groups is 1. The van der Waals surface area contributed by atoms with Crippen molar-refractivity contribution in [1.29, 1.82) is 0 Å². The Morgan fingerprint density at radius 1 is 0.969 bits per heavy atom. The molecule has 1 atom stereocenters. The van der Waals surface area contributed by atoms with Crippen molar-refractivity contribution in [3.05, 3.63) is 101 Å². The van der Waals surface area contributed by atoms with Gasteiger partial charge in [0, 0.05) is 13.1 Å². The topological polar surface area (TPSA) is 66.5 Å². The standard InChI is InChI=1S/C25H25FN2O3S/c1-2-18-7-9-19(10-8-18)16-27-25(29)24-15-20-5-3-4-6-21(20)17-28(24)32(30,31)23-13-11-22(26)12-14-23/h3-14,24H,2,15-17H2,1H3,(H,27,29). The molecule has 0 saturated heterocycles. The average Bonchev–Trinajstić information content (AvgIpc) is 2.82. The smallest absolute Gasteiger partial charge is 0.244 e. The molecule has 0 spiro atoms. The predicted octanol–water partition coefficient (Wildman–Crippen LogP) is 3.82. The molecule has 0 bridgehead atoms. The van der Waals surface area contributed by atoms with Crippen molar-refractivity contribution in [3.8, 4) is 0 Å². The summed E-state index contributed by atoms with van der Waals surface area (Å²) in [5.74, 6) is -0.874. The Hall–Kier alpha value is -3.03. The van der Waals surface area contributed by atoms with Crippen LogP contribution >= 0.6 is 0 Å². The van der Waals surface area contributed by atoms with E-state index in [0.29, 0.717) is 6.54 Å². The molecular weight excluding hydrogens is 427 g/mol. The predicted molar refractivity (Wildman–Crippen MR) is 121 cm³/mol. The summed E-state index contributed by atoms with van der Waals surface area (Å²) in [4.78, 5) is 13.1. The summed E-state index contributed by atoms with van der Waals surface area (Å²) < 4.78 is 41.4. The van der Waals surface area contributed by atoms with Gasteiger partial charge in [-0.1, -0.05) is 55.5 Å². The van der Waals surface area contributed by atoms with Crippen LogP contribution in [0.1, 0.15) is 29.2 Å². The van der Waals surface area contributed by atoms with Gasteiger partial charge in [0.15, 0.2) is 0 Å². The van der Waals surface area contributed by atoms with E-state index in [-0.39, 0.29) is 23.8 Å². The van der Waals surface area contributed by atoms with Crippen molar-refractivity contribution in [3.63, 3.8) is 0 Å². The Morgan fingerprint density at radius 3 is 2.25 bits per heavy atom. The maximum Gasteiger partial charge on any atom is 0.244 e. The first-order chi connectivity index (χ1) is 15.4. The monoisotopic (exact) mass is 452 g/mol. The number of nitrogens with zero attached hydrogens (tertiary/aromatic N) is 1. The fraction of sp³-hybridized carbons (Fsp3) is 0.240. The van der Waals surface area contributed by atoms with Gasteiger partial charge in [-0.15, -0.1) is 0 Å². The van der Waals surface area contributed by atoms with Crippen LogP contribution in [0.5, 0.6) is 0 Å². The third kappa shape index (κ3) is 4.59. The number of amides is 1. The highest BCUT2D eigenvalue weighted by Crippen LogP contribution is 2.29. The Balaban J connectivity index is 1.60. The van der Waals surface area contributed by atoms with E-state index in [2.05, 4.69) is 12.2 Å². The number of hydrogen-bond donors (Lipinski definition) is 1. The third-order valence-corrected chi connectivity index (χ3v) is 7.70. The van der Waals surface area contributed by atoms with E-state index < -0.39 is 21.9 Å². The number of halogens is 1. The Kier molecular flexibility index (Phi) is 6.39. The van der Waals surface area contributed by atoms with E-state index in [1.807, 2.05) is 48.5 Å². The first-order valence-electron chi connectivity index (χ1n) is 10.6. The van der Waals surface area contributed by atoms with Crippen LogP contribution in [0.2, 0.25) is 0 Å². The molecule has 0 fully saturated rings. The molecule has 5 nitrogen and oxygen atoms in total. The number of rotatable bonds is 6. The highest BCUT2D eigenvalue weighted by molar-refractivity contribution is 7.89. The molecule has 0 saturated carbocycles. The summed E-state index contributed by atoms with van der Waals surface area (Å²) in [6, 6.07) is 19.3. The van der Waals surface area contributed by atoms with Gasteiger partial charge in [0.2, 0.25) is 15.9 Å². The number of benzene rings is 3. The van der Waals surface area contributed by atoms with Gasteiger partial charge in [0.25, 0.3) is 0 Å². The molecule has 1 amide bonds. The third-order valence-electron chi connectivity index (χ3n) is 5.83. The second kappa shape index (κ2) is 9.22. The molecule has 3 aromatic rings. The second-order valence-electron chi connectivity index (χ2n) is 7.88. The lowest BCUT2D eigenvalue weighted by Crippen LogP contribution is -2.52. The van der Waals surface area contributed by atoms with Crippen molar-refractivity contribution in [2.24, 2.45) is 0 Å². The van der Waals surface area contributed by atoms with Crippen LogP contribution in [-0.2, 0) is 40.7 Å². The molecule has 32 heavy (non-hydrogen) atoms. The van der Waals surface area contributed by atoms with E-state index in [4.69, 9.17) is 0 Å². The lowest BCUT2D eigenvalue weighted by molar-refractivity contribution is -0.125. The SMILES string of the molecule is CCc1ccc(CNC(=O)C2Cc3ccccc3CN2S(=O)(=O)c2ccc(F)cc2)cc1. The quantitative estimate of drug-likeness (QED) is 0.618. The van der Waals surface area contributed by atoms with Crippen LogP contribution in [0, 0.1) is 5.82 Å². The number of hydrogen-bond acceptors (Lipinski definition) is 3. The summed E-state index contributed by atoms with van der Waals surface area (Å²) >= 11 is 0. The number of fused-ring (bicyclic) bond motifs is 1. The number of sulfonamides is 1. The van der Waals surface area contributed by atoms with Crippen LogP contribution < -0.4 is 5.32 Å². The molecule has 1 aliphatic heterocycles. The summed E-state index contributed by atoms with van der Waals surface area (Å²) in [7, 11) is -4.00. The van der Waals surface area contributed by atoms with Crippen molar-refractivity contribution in [1.82, 2.24) is 9.62 Å². The van der Waals surface area contributed by atoms with Gasteiger partial charge >= 0.3 is 0 Å². The highest BCUT2D eigenvalue weighted by Gasteiger charge is 2.39. The van der Waals surface area contributed by atoms with Gasteiger partial charge in [-0.05, 0) is 59.4 Å². The van der Waals surface area contributed by atoms with E-state index in [0.717, 1.165) is 35.2 Å². The van der Waals surface area contributed by atoms with E-state index in [1.165, 1.54) is 22.0 Å². The maximum absolute atomic E-state index is 13.4. The van der Waals surface area contributed by atoms with Gasteiger partial charge in [0.05, 0.1) is 4.90 Å². The second-order valence-corrected chi connectivity index (χ2v) is 9.77. The summed E-state index contributed by atoms with van der Waals surface area (Å²) in [5.41, 5.74) is 3.96. The van der Waals surface area contributed by atoms with E-state index in [9.17, 15) is 17.6 Å². The molecule has 0 radical (unpaired) electrons. The Bertz CT molecular complexity index is 1210. The molecule has 4 rings (SSSR count). The van der Waals surface area contributed by atoms with Crippen LogP contribution in [0.25, 0.3) is 0 Å². The van der Waals surface area contributed by atoms with E-state index >= 15 is 0 Å². The first kappa shape index (κ1) is 22.2. The van der Waals surface area contributed by atoms with E-state index in [1.54, 1.807) is 0 Å². The largest absolute Gasteiger partial charge is 0.351 e. The maximum atomic E-state index is 13.4. The summed E-state index contributed by atoms with van der Waals surface area (Å²) in [5, 5.41) is 2.89. The normalized spacial score (nSPS) is 16.4. The molecule has 1 N–H and O–H groups in total. The van der Waals surface area contributed by atoms with Gasteiger partial charge in [-0.25, -0.2) is 12.8 Å². The number of nitrogens with one attached hydrogen (secondary N) is 1. The van der Waals surface area contributed by atoms with Crippen LogP contribution in [-0.4, -0.2) is 24.7 Å². The summed E-state index contributed by atoms with van der Waals surface area (Å²) in [6.07, 6.45) is 1.21. The Labute approximate surface area is 187 Å². The van der Waals surface area contributed by atoms with Gasteiger partial charge in [-0.2, -0.15) is 4.31 Å². The van der Waals surface area contributed by atoms with Crippen molar-refractivity contribution in [2.75, 3.05) is 0 Å². The fourth-order valence-electron chi connectivity index (χ4n) is 3.92. The molecule has 0 aliphatic carbocycles. The molecule has 0 aromatic heterocycles. The zero-order valence-electron chi connectivity index (χ0n) is 17.8. The van der Waals surface area contributed by atoms with Crippen molar-refractivity contribution >= 4 is 15.9 Å². The summed E-state index contributed by atoms with van der Waals surface area (Å²) in [6.45, 7) is 2.47. The lowest BCUT2D eigenvalue weighted by atomic mass is 9.95. The van der Waals surface area contributed by atoms with Crippen LogP contribution in [0.3, 0.4) is 0 Å². The minimum Gasteiger partial charge on any atom is -0.351 e. The van der Waals surface area contributed by atoms with Crippen LogP contribution in [0.15, 0.2) is 77.7 Å².